The molecule has 1 aromatic heterocycles. The number of nitrogens with zero attached hydrogens (tertiary/aromatic N) is 1. The Hall–Kier alpha value is -1.74. The van der Waals surface area contributed by atoms with Crippen molar-refractivity contribution < 1.29 is 9.53 Å². The average molecular weight is 215 g/mol. The van der Waals surface area contributed by atoms with E-state index in [1.165, 1.54) is 0 Å². The van der Waals surface area contributed by atoms with E-state index in [1.54, 1.807) is 12.4 Å². The van der Waals surface area contributed by atoms with Gasteiger partial charge in [0.2, 0.25) is 0 Å². The van der Waals surface area contributed by atoms with Crippen LogP contribution in [0.25, 0.3) is 10.8 Å². The average Bonchev–Trinajstić information content (AvgIpc) is 2.35. The second-order valence-corrected chi connectivity index (χ2v) is 3.47. The van der Waals surface area contributed by atoms with Crippen LogP contribution in [0.3, 0.4) is 0 Å². The van der Waals surface area contributed by atoms with Crippen molar-refractivity contribution in [2.24, 2.45) is 0 Å². The highest BCUT2D eigenvalue weighted by molar-refractivity contribution is 6.08. The lowest BCUT2D eigenvalue weighted by Gasteiger charge is -2.04. The van der Waals surface area contributed by atoms with Gasteiger partial charge in [0.15, 0.2) is 5.78 Å². The normalized spacial score (nSPS) is 10.6. The lowest BCUT2D eigenvalue weighted by molar-refractivity contribution is 0.0784. The number of hydrogen-bond donors (Lipinski definition) is 0. The van der Waals surface area contributed by atoms with Crippen LogP contribution in [0.1, 0.15) is 17.3 Å². The van der Waals surface area contributed by atoms with Gasteiger partial charge in [0.1, 0.15) is 6.61 Å². The van der Waals surface area contributed by atoms with Crippen molar-refractivity contribution in [3.63, 3.8) is 0 Å². The number of Topliss-reactive ketones (excluding diaryl/α,β-unsaturated/α-hetero) is 1. The summed E-state index contributed by atoms with van der Waals surface area (Å²) < 4.78 is 5.12. The Bertz CT molecular complexity index is 503. The third-order valence-electron chi connectivity index (χ3n) is 2.41. The van der Waals surface area contributed by atoms with Gasteiger partial charge in [-0.25, -0.2) is 0 Å². The predicted octanol–water partition coefficient (Wildman–Crippen LogP) is 2.45. The molecule has 0 aliphatic carbocycles. The number of ether oxygens (including phenoxy) is 1. The standard InChI is InChI=1S/C13H13NO2/c1-2-16-9-13(15)12-8-14-7-10-5-3-4-6-11(10)12/h3-8H,2,9H2,1H3. The van der Waals surface area contributed by atoms with Crippen LogP contribution in [0.2, 0.25) is 0 Å². The van der Waals surface area contributed by atoms with Crippen molar-refractivity contribution in [3.8, 4) is 0 Å². The van der Waals surface area contributed by atoms with Gasteiger partial charge in [-0.15, -0.1) is 0 Å². The number of pyridine rings is 1. The summed E-state index contributed by atoms with van der Waals surface area (Å²) in [6, 6.07) is 7.72. The number of rotatable bonds is 4. The highest BCUT2D eigenvalue weighted by Crippen LogP contribution is 2.17. The number of aromatic nitrogens is 1. The Morgan fingerprint density at radius 2 is 2.12 bits per heavy atom. The van der Waals surface area contributed by atoms with Crippen LogP contribution in [0.4, 0.5) is 0 Å². The second kappa shape index (κ2) is 4.86. The lowest BCUT2D eigenvalue weighted by atomic mass is 10.1. The number of hydrogen-bond acceptors (Lipinski definition) is 3. The number of carbonyl (C=O) groups is 1. The molecule has 1 heterocycles. The SMILES string of the molecule is CCOCC(=O)c1cncc2ccccc12. The monoisotopic (exact) mass is 215 g/mol. The first-order valence-electron chi connectivity index (χ1n) is 5.26. The van der Waals surface area contributed by atoms with Gasteiger partial charge in [-0.05, 0) is 12.3 Å². The quantitative estimate of drug-likeness (QED) is 0.735. The summed E-state index contributed by atoms with van der Waals surface area (Å²) in [7, 11) is 0. The molecule has 0 spiro atoms. The zero-order valence-electron chi connectivity index (χ0n) is 9.14. The van der Waals surface area contributed by atoms with Crippen molar-refractivity contribution in [2.45, 2.75) is 6.92 Å². The molecular weight excluding hydrogens is 202 g/mol. The molecule has 0 amide bonds. The molecule has 0 aliphatic rings. The summed E-state index contributed by atoms with van der Waals surface area (Å²) >= 11 is 0. The van der Waals surface area contributed by atoms with Gasteiger partial charge < -0.3 is 4.74 Å². The van der Waals surface area contributed by atoms with Crippen molar-refractivity contribution in [2.75, 3.05) is 13.2 Å². The summed E-state index contributed by atoms with van der Waals surface area (Å²) in [5, 5.41) is 1.91. The molecule has 3 heteroatoms. The van der Waals surface area contributed by atoms with Crippen LogP contribution < -0.4 is 0 Å². The smallest absolute Gasteiger partial charge is 0.190 e. The van der Waals surface area contributed by atoms with Crippen molar-refractivity contribution >= 4 is 16.6 Å². The Balaban J connectivity index is 2.40. The van der Waals surface area contributed by atoms with Crippen molar-refractivity contribution in [1.82, 2.24) is 4.98 Å². The minimum absolute atomic E-state index is 0.0221. The predicted molar refractivity (Wildman–Crippen MR) is 62.6 cm³/mol. The van der Waals surface area contributed by atoms with Crippen molar-refractivity contribution in [3.05, 3.63) is 42.2 Å². The van der Waals surface area contributed by atoms with E-state index < -0.39 is 0 Å². The van der Waals surface area contributed by atoms with Gasteiger partial charge >= 0.3 is 0 Å². The number of fused-ring (bicyclic) bond motifs is 1. The van der Waals surface area contributed by atoms with Crippen LogP contribution in [-0.4, -0.2) is 24.0 Å². The molecule has 0 N–H and O–H groups in total. The minimum atomic E-state index is -0.0221. The second-order valence-electron chi connectivity index (χ2n) is 3.47. The van der Waals surface area contributed by atoms with E-state index in [0.29, 0.717) is 12.2 Å². The molecule has 0 bridgehead atoms. The van der Waals surface area contributed by atoms with E-state index in [4.69, 9.17) is 4.74 Å². The van der Waals surface area contributed by atoms with Crippen LogP contribution in [0.5, 0.6) is 0 Å². The molecule has 0 fully saturated rings. The molecule has 16 heavy (non-hydrogen) atoms. The molecule has 1 aromatic carbocycles. The maximum Gasteiger partial charge on any atom is 0.190 e. The Morgan fingerprint density at radius 1 is 1.31 bits per heavy atom. The number of carbonyl (C=O) groups excluding carboxylic acids is 1. The third kappa shape index (κ3) is 2.09. The van der Waals surface area contributed by atoms with Gasteiger partial charge in [-0.1, -0.05) is 24.3 Å². The largest absolute Gasteiger partial charge is 0.374 e. The summed E-state index contributed by atoms with van der Waals surface area (Å²) in [6.07, 6.45) is 3.36. The molecule has 2 rings (SSSR count). The van der Waals surface area contributed by atoms with Crippen LogP contribution in [0, 0.1) is 0 Å². The summed E-state index contributed by atoms with van der Waals surface area (Å²) in [4.78, 5) is 15.9. The first-order chi connectivity index (χ1) is 7.83. The van der Waals surface area contributed by atoms with E-state index in [9.17, 15) is 4.79 Å². The summed E-state index contributed by atoms with van der Waals surface area (Å²) in [5.74, 6) is -0.0221. The van der Waals surface area contributed by atoms with E-state index >= 15 is 0 Å². The van der Waals surface area contributed by atoms with E-state index in [0.717, 1.165) is 10.8 Å². The van der Waals surface area contributed by atoms with Gasteiger partial charge in [0, 0.05) is 30.0 Å². The fourth-order valence-electron chi connectivity index (χ4n) is 1.61. The molecule has 0 atom stereocenters. The number of benzene rings is 1. The van der Waals surface area contributed by atoms with Gasteiger partial charge in [0.25, 0.3) is 0 Å². The van der Waals surface area contributed by atoms with Gasteiger partial charge in [-0.2, -0.15) is 0 Å². The van der Waals surface area contributed by atoms with Gasteiger partial charge in [0.05, 0.1) is 0 Å². The zero-order valence-corrected chi connectivity index (χ0v) is 9.14. The molecule has 0 radical (unpaired) electrons. The summed E-state index contributed by atoms with van der Waals surface area (Å²) in [5.41, 5.74) is 0.631. The molecule has 0 aliphatic heterocycles. The number of ketones is 1. The minimum Gasteiger partial charge on any atom is -0.374 e. The molecule has 0 saturated carbocycles. The van der Waals surface area contributed by atoms with E-state index in [2.05, 4.69) is 4.98 Å². The van der Waals surface area contributed by atoms with Gasteiger partial charge in [-0.3, -0.25) is 9.78 Å². The first kappa shape index (κ1) is 10.8. The summed E-state index contributed by atoms with van der Waals surface area (Å²) in [6.45, 7) is 2.53. The molecule has 2 aromatic rings. The highest BCUT2D eigenvalue weighted by Gasteiger charge is 2.09. The molecule has 82 valence electrons. The molecule has 0 unspecified atom stereocenters. The maximum atomic E-state index is 11.9. The lowest BCUT2D eigenvalue weighted by Crippen LogP contribution is -2.09. The third-order valence-corrected chi connectivity index (χ3v) is 2.41. The van der Waals surface area contributed by atoms with Crippen LogP contribution in [0.15, 0.2) is 36.7 Å². The highest BCUT2D eigenvalue weighted by atomic mass is 16.5. The van der Waals surface area contributed by atoms with E-state index in [1.807, 2.05) is 31.2 Å². The molecule has 0 saturated heterocycles. The maximum absolute atomic E-state index is 11.9. The van der Waals surface area contributed by atoms with Crippen LogP contribution in [-0.2, 0) is 4.74 Å². The van der Waals surface area contributed by atoms with E-state index in [-0.39, 0.29) is 12.4 Å². The first-order valence-corrected chi connectivity index (χ1v) is 5.26. The Labute approximate surface area is 94.1 Å². The molecule has 3 nitrogen and oxygen atoms in total. The van der Waals surface area contributed by atoms with Crippen molar-refractivity contribution in [1.29, 1.82) is 0 Å². The topological polar surface area (TPSA) is 39.2 Å². The fourth-order valence-corrected chi connectivity index (χ4v) is 1.61. The van der Waals surface area contributed by atoms with Crippen LogP contribution >= 0.6 is 0 Å². The Kier molecular flexibility index (Phi) is 3.27. The Morgan fingerprint density at radius 3 is 2.94 bits per heavy atom. The molecular formula is C13H13NO2. The fraction of sp³-hybridized carbons (Fsp3) is 0.231. The zero-order chi connectivity index (χ0) is 11.4.